The van der Waals surface area contributed by atoms with E-state index in [1.807, 2.05) is 11.8 Å². The molecule has 0 amide bonds. The zero-order chi connectivity index (χ0) is 13.0. The number of hydrogen-bond acceptors (Lipinski definition) is 3. The zero-order valence-electron chi connectivity index (χ0n) is 9.99. The van der Waals surface area contributed by atoms with E-state index in [0.29, 0.717) is 10.9 Å². The van der Waals surface area contributed by atoms with Gasteiger partial charge in [-0.05, 0) is 30.7 Å². The highest BCUT2D eigenvalue weighted by atomic mass is 35.5. The van der Waals surface area contributed by atoms with Crippen LogP contribution in [0.4, 0.5) is 5.69 Å². The first-order chi connectivity index (χ1) is 8.68. The molecule has 1 fully saturated rings. The van der Waals surface area contributed by atoms with Crippen LogP contribution in [-0.4, -0.2) is 28.6 Å². The van der Waals surface area contributed by atoms with Crippen molar-refractivity contribution in [1.82, 2.24) is 0 Å². The van der Waals surface area contributed by atoms with Crippen LogP contribution < -0.4 is 5.32 Å². The Morgan fingerprint density at radius 3 is 3.00 bits per heavy atom. The van der Waals surface area contributed by atoms with Gasteiger partial charge < -0.3 is 10.4 Å². The smallest absolute Gasteiger partial charge is 0.339 e. The molecule has 3 nitrogen and oxygen atoms in total. The summed E-state index contributed by atoms with van der Waals surface area (Å²) in [6, 6.07) is 5.14. The second-order valence-electron chi connectivity index (χ2n) is 4.34. The number of thioether (sulfide) groups is 1. The molecule has 18 heavy (non-hydrogen) atoms. The van der Waals surface area contributed by atoms with Gasteiger partial charge in [0, 0.05) is 11.8 Å². The monoisotopic (exact) mass is 285 g/mol. The predicted molar refractivity (Wildman–Crippen MR) is 77.0 cm³/mol. The molecule has 1 aromatic rings. The second kappa shape index (κ2) is 6.34. The van der Waals surface area contributed by atoms with Gasteiger partial charge in [-0.1, -0.05) is 24.1 Å². The number of halogens is 1. The van der Waals surface area contributed by atoms with E-state index >= 15 is 0 Å². The first kappa shape index (κ1) is 13.6. The fourth-order valence-corrected chi connectivity index (χ4v) is 3.58. The number of carbonyl (C=O) groups is 1. The number of carboxylic acids is 1. The molecule has 2 rings (SSSR count). The van der Waals surface area contributed by atoms with Gasteiger partial charge in [0.05, 0.1) is 10.7 Å². The van der Waals surface area contributed by atoms with Crippen LogP contribution in [-0.2, 0) is 0 Å². The lowest BCUT2D eigenvalue weighted by Crippen LogP contribution is -2.21. The van der Waals surface area contributed by atoms with Gasteiger partial charge in [-0.15, -0.1) is 0 Å². The molecule has 1 unspecified atom stereocenters. The van der Waals surface area contributed by atoms with Crippen molar-refractivity contribution in [1.29, 1.82) is 0 Å². The number of nitrogens with one attached hydrogen (secondary N) is 1. The Bertz CT molecular complexity index is 433. The summed E-state index contributed by atoms with van der Waals surface area (Å²) in [5.41, 5.74) is 0.779. The van der Waals surface area contributed by atoms with Crippen LogP contribution >= 0.6 is 23.4 Å². The predicted octanol–water partition coefficient (Wildman–Crippen LogP) is 3.74. The van der Waals surface area contributed by atoms with Crippen molar-refractivity contribution in [3.63, 3.8) is 0 Å². The molecule has 1 aliphatic rings. The molecule has 0 aromatic heterocycles. The van der Waals surface area contributed by atoms with E-state index in [4.69, 9.17) is 16.7 Å². The SMILES string of the molecule is O=C(O)c1c(Cl)cccc1NCC1CCCCS1. The topological polar surface area (TPSA) is 49.3 Å². The minimum Gasteiger partial charge on any atom is -0.478 e. The Hall–Kier alpha value is -0.870. The normalized spacial score (nSPS) is 19.5. The number of aromatic carboxylic acids is 1. The van der Waals surface area contributed by atoms with Crippen LogP contribution in [0.15, 0.2) is 18.2 Å². The lowest BCUT2D eigenvalue weighted by molar-refractivity contribution is 0.0698. The number of rotatable bonds is 4. The van der Waals surface area contributed by atoms with Crippen molar-refractivity contribution >= 4 is 35.0 Å². The summed E-state index contributed by atoms with van der Waals surface area (Å²) in [6.45, 7) is 0.797. The zero-order valence-corrected chi connectivity index (χ0v) is 11.6. The van der Waals surface area contributed by atoms with E-state index < -0.39 is 5.97 Å². The highest BCUT2D eigenvalue weighted by molar-refractivity contribution is 7.99. The number of hydrogen-bond donors (Lipinski definition) is 2. The van der Waals surface area contributed by atoms with Crippen molar-refractivity contribution in [3.05, 3.63) is 28.8 Å². The average Bonchev–Trinajstić information content (AvgIpc) is 2.37. The van der Waals surface area contributed by atoms with Crippen molar-refractivity contribution in [2.24, 2.45) is 0 Å². The number of carboxylic acid groups (broad SMARTS) is 1. The minimum atomic E-state index is -0.987. The number of benzene rings is 1. The molecule has 1 aliphatic heterocycles. The lowest BCUT2D eigenvalue weighted by atomic mass is 10.1. The average molecular weight is 286 g/mol. The maximum Gasteiger partial charge on any atom is 0.339 e. The second-order valence-corrected chi connectivity index (χ2v) is 6.15. The summed E-state index contributed by atoms with van der Waals surface area (Å²) in [6.07, 6.45) is 3.75. The van der Waals surface area contributed by atoms with Gasteiger partial charge in [-0.25, -0.2) is 4.79 Å². The molecule has 5 heteroatoms. The quantitative estimate of drug-likeness (QED) is 0.885. The Kier molecular flexibility index (Phi) is 4.78. The van der Waals surface area contributed by atoms with E-state index in [0.717, 1.165) is 6.54 Å². The Labute approximate surface area is 116 Å². The summed E-state index contributed by atoms with van der Waals surface area (Å²) >= 11 is 7.88. The van der Waals surface area contributed by atoms with Gasteiger partial charge in [0.1, 0.15) is 5.56 Å². The molecule has 1 saturated heterocycles. The molecule has 98 valence electrons. The third-order valence-corrected chi connectivity index (χ3v) is 4.73. The maximum atomic E-state index is 11.2. The van der Waals surface area contributed by atoms with Gasteiger partial charge in [-0.2, -0.15) is 11.8 Å². The van der Waals surface area contributed by atoms with Gasteiger partial charge in [-0.3, -0.25) is 0 Å². The van der Waals surface area contributed by atoms with Crippen molar-refractivity contribution in [3.8, 4) is 0 Å². The molecule has 0 aliphatic carbocycles. The number of anilines is 1. The van der Waals surface area contributed by atoms with Gasteiger partial charge in [0.25, 0.3) is 0 Å². The fourth-order valence-electron chi connectivity index (χ4n) is 2.08. The van der Waals surface area contributed by atoms with E-state index in [-0.39, 0.29) is 10.6 Å². The van der Waals surface area contributed by atoms with Gasteiger partial charge in [0.2, 0.25) is 0 Å². The maximum absolute atomic E-state index is 11.2. The van der Waals surface area contributed by atoms with E-state index in [1.165, 1.54) is 25.0 Å². The van der Waals surface area contributed by atoms with Crippen LogP contribution in [0.5, 0.6) is 0 Å². The molecular formula is C13H16ClNO2S. The highest BCUT2D eigenvalue weighted by Gasteiger charge is 2.17. The molecule has 0 saturated carbocycles. The van der Waals surface area contributed by atoms with E-state index in [9.17, 15) is 4.79 Å². The van der Waals surface area contributed by atoms with Crippen molar-refractivity contribution in [2.45, 2.75) is 24.5 Å². The van der Waals surface area contributed by atoms with Crippen molar-refractivity contribution < 1.29 is 9.90 Å². The van der Waals surface area contributed by atoms with Gasteiger partial charge >= 0.3 is 5.97 Å². The standard InChI is InChI=1S/C13H16ClNO2S/c14-10-5-3-6-11(12(10)13(16)17)15-8-9-4-1-2-7-18-9/h3,5-6,9,15H,1-2,4,7-8H2,(H,16,17). The molecule has 1 heterocycles. The third kappa shape index (κ3) is 3.33. The van der Waals surface area contributed by atoms with Crippen molar-refractivity contribution in [2.75, 3.05) is 17.6 Å². The summed E-state index contributed by atoms with van der Waals surface area (Å²) in [5.74, 6) is 0.215. The molecule has 0 spiro atoms. The molecule has 0 radical (unpaired) electrons. The fraction of sp³-hybridized carbons (Fsp3) is 0.462. The van der Waals surface area contributed by atoms with Crippen LogP contribution in [0, 0.1) is 0 Å². The molecule has 1 aromatic carbocycles. The highest BCUT2D eigenvalue weighted by Crippen LogP contribution is 2.28. The lowest BCUT2D eigenvalue weighted by Gasteiger charge is -2.22. The summed E-state index contributed by atoms with van der Waals surface area (Å²) in [5, 5.41) is 13.2. The Morgan fingerprint density at radius 1 is 1.50 bits per heavy atom. The molecule has 0 bridgehead atoms. The van der Waals surface area contributed by atoms with Crippen LogP contribution in [0.1, 0.15) is 29.6 Å². The molecular weight excluding hydrogens is 270 g/mol. The largest absolute Gasteiger partial charge is 0.478 e. The molecule has 1 atom stereocenters. The van der Waals surface area contributed by atoms with E-state index in [1.54, 1.807) is 18.2 Å². The third-order valence-electron chi connectivity index (χ3n) is 3.02. The molecule has 2 N–H and O–H groups in total. The van der Waals surface area contributed by atoms with Crippen LogP contribution in [0.2, 0.25) is 5.02 Å². The van der Waals surface area contributed by atoms with E-state index in [2.05, 4.69) is 5.32 Å². The van der Waals surface area contributed by atoms with Crippen LogP contribution in [0.3, 0.4) is 0 Å². The van der Waals surface area contributed by atoms with Crippen LogP contribution in [0.25, 0.3) is 0 Å². The van der Waals surface area contributed by atoms with Gasteiger partial charge in [0.15, 0.2) is 0 Å². The Morgan fingerprint density at radius 2 is 2.33 bits per heavy atom. The minimum absolute atomic E-state index is 0.167. The summed E-state index contributed by atoms with van der Waals surface area (Å²) in [4.78, 5) is 11.2. The first-order valence-electron chi connectivity index (χ1n) is 6.06. The summed E-state index contributed by atoms with van der Waals surface area (Å²) < 4.78 is 0. The Balaban J connectivity index is 2.04. The first-order valence-corrected chi connectivity index (χ1v) is 7.48. The summed E-state index contributed by atoms with van der Waals surface area (Å²) in [7, 11) is 0.